The summed E-state index contributed by atoms with van der Waals surface area (Å²) in [6.45, 7) is 4.35. The molecule has 0 atom stereocenters. The van der Waals surface area contributed by atoms with Gasteiger partial charge in [0.15, 0.2) is 17.2 Å². The fourth-order valence-corrected chi connectivity index (χ4v) is 5.00. The van der Waals surface area contributed by atoms with Gasteiger partial charge in [-0.15, -0.1) is 11.3 Å². The van der Waals surface area contributed by atoms with Crippen molar-refractivity contribution in [2.24, 2.45) is 0 Å². The molecule has 0 bridgehead atoms. The maximum Gasteiger partial charge on any atom is 0.276 e. The highest BCUT2D eigenvalue weighted by Crippen LogP contribution is 2.38. The van der Waals surface area contributed by atoms with Crippen LogP contribution < -0.4 is 4.90 Å². The number of carbonyl (C=O) groups is 2. The van der Waals surface area contributed by atoms with Gasteiger partial charge in [0, 0.05) is 53.4 Å². The van der Waals surface area contributed by atoms with Crippen molar-refractivity contribution >= 4 is 28.7 Å². The van der Waals surface area contributed by atoms with Crippen LogP contribution in [0.2, 0.25) is 0 Å². The number of aromatic nitrogens is 1. The number of benzene rings is 1. The van der Waals surface area contributed by atoms with Gasteiger partial charge in [0.05, 0.1) is 0 Å². The minimum Gasteiger partial charge on any atom is -0.368 e. The highest BCUT2D eigenvalue weighted by Gasteiger charge is 2.31. The van der Waals surface area contributed by atoms with E-state index in [1.807, 2.05) is 35.2 Å². The molecule has 1 amide bonds. The van der Waals surface area contributed by atoms with Gasteiger partial charge in [-0.2, -0.15) is 0 Å². The zero-order valence-corrected chi connectivity index (χ0v) is 17.0. The van der Waals surface area contributed by atoms with E-state index in [0.717, 1.165) is 48.5 Å². The van der Waals surface area contributed by atoms with E-state index in [0.29, 0.717) is 24.3 Å². The van der Waals surface area contributed by atoms with Crippen molar-refractivity contribution in [3.63, 3.8) is 0 Å². The molecule has 1 saturated heterocycles. The Morgan fingerprint density at radius 1 is 1.03 bits per heavy atom. The van der Waals surface area contributed by atoms with Gasteiger partial charge >= 0.3 is 0 Å². The minimum atomic E-state index is -0.0414. The Balaban J connectivity index is 1.28. The molecule has 1 aliphatic heterocycles. The number of hydrogen-bond acceptors (Lipinski definition) is 6. The molecule has 0 N–H and O–H groups in total. The molecule has 7 heteroatoms. The van der Waals surface area contributed by atoms with Crippen LogP contribution in [0.15, 0.2) is 40.2 Å². The van der Waals surface area contributed by atoms with Crippen molar-refractivity contribution in [3.8, 4) is 11.3 Å². The Kier molecular flexibility index (Phi) is 4.47. The number of carbonyl (C=O) groups excluding carboxylic acids is 2. The Labute approximate surface area is 172 Å². The van der Waals surface area contributed by atoms with E-state index in [9.17, 15) is 9.59 Å². The van der Waals surface area contributed by atoms with Crippen LogP contribution in [-0.4, -0.2) is 47.9 Å². The Morgan fingerprint density at radius 3 is 2.52 bits per heavy atom. The first-order valence-electron chi connectivity index (χ1n) is 9.82. The minimum absolute atomic E-state index is 0.0414. The Morgan fingerprint density at radius 2 is 1.79 bits per heavy atom. The normalized spacial score (nSPS) is 15.8. The van der Waals surface area contributed by atoms with E-state index in [1.165, 1.54) is 4.88 Å². The summed E-state index contributed by atoms with van der Waals surface area (Å²) < 4.78 is 5.58. The van der Waals surface area contributed by atoms with Gasteiger partial charge in [-0.25, -0.2) is 0 Å². The first kappa shape index (κ1) is 18.1. The first-order chi connectivity index (χ1) is 14.1. The number of hydrogen-bond donors (Lipinski definition) is 0. The molecule has 29 heavy (non-hydrogen) atoms. The number of aryl methyl sites for hydroxylation is 1. The molecule has 0 spiro atoms. The number of thiophene rings is 1. The molecule has 1 aliphatic carbocycles. The summed E-state index contributed by atoms with van der Waals surface area (Å²) in [5, 5.41) is 6.21. The fraction of sp³-hybridized carbons (Fsp3) is 0.318. The van der Waals surface area contributed by atoms with Gasteiger partial charge in [-0.05, 0) is 55.5 Å². The third-order valence-electron chi connectivity index (χ3n) is 5.79. The summed E-state index contributed by atoms with van der Waals surface area (Å²) in [7, 11) is 0. The summed E-state index contributed by atoms with van der Waals surface area (Å²) >= 11 is 1.73. The summed E-state index contributed by atoms with van der Waals surface area (Å²) in [5.74, 6) is 0.790. The van der Waals surface area contributed by atoms with Crippen LogP contribution in [0.3, 0.4) is 0 Å². The zero-order chi connectivity index (χ0) is 20.0. The molecular weight excluding hydrogens is 386 g/mol. The smallest absolute Gasteiger partial charge is 0.276 e. The third kappa shape index (κ3) is 3.15. The van der Waals surface area contributed by atoms with Crippen LogP contribution in [0.1, 0.15) is 38.2 Å². The topological polar surface area (TPSA) is 66.7 Å². The summed E-state index contributed by atoms with van der Waals surface area (Å²) in [6, 6.07) is 9.71. The fourth-order valence-electron chi connectivity index (χ4n) is 4.12. The van der Waals surface area contributed by atoms with E-state index >= 15 is 0 Å². The largest absolute Gasteiger partial charge is 0.368 e. The zero-order valence-electron chi connectivity index (χ0n) is 16.2. The van der Waals surface area contributed by atoms with Crippen molar-refractivity contribution in [1.29, 1.82) is 0 Å². The highest BCUT2D eigenvalue weighted by molar-refractivity contribution is 7.10. The number of nitrogens with zero attached hydrogens (tertiary/aromatic N) is 3. The van der Waals surface area contributed by atoms with Gasteiger partial charge < -0.3 is 14.3 Å². The quantitative estimate of drug-likeness (QED) is 0.620. The van der Waals surface area contributed by atoms with Crippen LogP contribution in [0.25, 0.3) is 11.3 Å². The molecule has 5 rings (SSSR count). The van der Waals surface area contributed by atoms with Crippen LogP contribution in [0, 0.1) is 0 Å². The standard InChI is InChI=1S/C22H21N3O3S/c1-14(26)15-2-4-16(5-3-15)24-9-11-25(12-10-24)22(27)20-18-6-7-19-17(8-13-29-19)21(18)28-23-20/h2-5,8,13H,6-7,9-12H2,1H3. The lowest BCUT2D eigenvalue weighted by molar-refractivity contribution is 0.0735. The molecular formula is C22H21N3O3S. The maximum absolute atomic E-state index is 13.1. The predicted octanol–water partition coefficient (Wildman–Crippen LogP) is 3.67. The van der Waals surface area contributed by atoms with E-state index in [-0.39, 0.29) is 11.7 Å². The summed E-state index contributed by atoms with van der Waals surface area (Å²) in [6.07, 6.45) is 1.74. The molecule has 148 valence electrons. The SMILES string of the molecule is CC(=O)c1ccc(N2CCN(C(=O)c3noc4c3CCc3sccc3-4)CC2)cc1. The third-order valence-corrected chi connectivity index (χ3v) is 6.77. The van der Waals surface area contributed by atoms with Crippen LogP contribution in [0.4, 0.5) is 5.69 Å². The Bertz CT molecular complexity index is 1080. The van der Waals surface area contributed by atoms with Gasteiger partial charge in [0.2, 0.25) is 0 Å². The van der Waals surface area contributed by atoms with E-state index in [2.05, 4.69) is 15.4 Å². The molecule has 2 aliphatic rings. The van der Waals surface area contributed by atoms with Crippen molar-refractivity contribution in [3.05, 3.63) is 57.4 Å². The maximum atomic E-state index is 13.1. The molecule has 0 saturated carbocycles. The molecule has 1 fully saturated rings. The lowest BCUT2D eigenvalue weighted by Crippen LogP contribution is -2.49. The molecule has 3 aromatic rings. The number of fused-ring (bicyclic) bond motifs is 3. The number of Topliss-reactive ketones (excluding diaryl/α,β-unsaturated/α-hetero) is 1. The van der Waals surface area contributed by atoms with Crippen LogP contribution in [0.5, 0.6) is 0 Å². The second-order valence-electron chi connectivity index (χ2n) is 7.48. The summed E-state index contributed by atoms with van der Waals surface area (Å²) in [5.41, 5.74) is 4.29. The highest BCUT2D eigenvalue weighted by atomic mass is 32.1. The van der Waals surface area contributed by atoms with Crippen molar-refractivity contribution < 1.29 is 14.1 Å². The van der Waals surface area contributed by atoms with Crippen LogP contribution >= 0.6 is 11.3 Å². The molecule has 6 nitrogen and oxygen atoms in total. The number of anilines is 1. The Hall–Kier alpha value is -2.93. The lowest BCUT2D eigenvalue weighted by atomic mass is 9.95. The molecule has 0 unspecified atom stereocenters. The first-order valence-corrected chi connectivity index (χ1v) is 10.7. The number of ketones is 1. The van der Waals surface area contributed by atoms with Gasteiger partial charge in [-0.1, -0.05) is 5.16 Å². The molecule has 2 aromatic heterocycles. The molecule has 1 aromatic carbocycles. The average Bonchev–Trinajstić information content (AvgIpc) is 3.40. The van der Waals surface area contributed by atoms with Crippen LogP contribution in [-0.2, 0) is 12.8 Å². The molecule has 0 radical (unpaired) electrons. The van der Waals surface area contributed by atoms with Crippen molar-refractivity contribution in [1.82, 2.24) is 10.1 Å². The summed E-state index contributed by atoms with van der Waals surface area (Å²) in [4.78, 5) is 29.9. The average molecular weight is 407 g/mol. The predicted molar refractivity (Wildman–Crippen MR) is 112 cm³/mol. The lowest BCUT2D eigenvalue weighted by Gasteiger charge is -2.36. The van der Waals surface area contributed by atoms with Crippen molar-refractivity contribution in [2.45, 2.75) is 19.8 Å². The van der Waals surface area contributed by atoms with Gasteiger partial charge in [0.25, 0.3) is 5.91 Å². The number of rotatable bonds is 3. The second-order valence-corrected chi connectivity index (χ2v) is 8.48. The van der Waals surface area contributed by atoms with E-state index in [1.54, 1.807) is 18.3 Å². The van der Waals surface area contributed by atoms with E-state index in [4.69, 9.17) is 4.52 Å². The van der Waals surface area contributed by atoms with E-state index < -0.39 is 0 Å². The van der Waals surface area contributed by atoms with Crippen molar-refractivity contribution in [2.75, 3.05) is 31.1 Å². The van der Waals surface area contributed by atoms with Gasteiger partial charge in [0.1, 0.15) is 0 Å². The number of amides is 1. The molecule has 3 heterocycles. The number of piperazine rings is 1. The van der Waals surface area contributed by atoms with Gasteiger partial charge in [-0.3, -0.25) is 9.59 Å². The monoisotopic (exact) mass is 407 g/mol. The second kappa shape index (κ2) is 7.15.